The van der Waals surface area contributed by atoms with E-state index in [9.17, 15) is 23.1 Å². The fraction of sp³-hybridized carbons (Fsp3) is 0. The molecule has 0 atom stereocenters. The molecule has 1 aromatic carbocycles. The first kappa shape index (κ1) is 14.9. The van der Waals surface area contributed by atoms with E-state index in [0.29, 0.717) is 6.07 Å². The van der Waals surface area contributed by atoms with Gasteiger partial charge in [-0.3, -0.25) is 10.1 Å². The van der Waals surface area contributed by atoms with Gasteiger partial charge in [-0.15, -0.1) is 5.46 Å². The molecule has 0 spiro atoms. The Morgan fingerprint density at radius 1 is 1.33 bits per heavy atom. The third kappa shape index (κ3) is 3.76. The summed E-state index contributed by atoms with van der Waals surface area (Å²) in [5.41, 5.74) is 3.11. The van der Waals surface area contributed by atoms with Crippen molar-refractivity contribution in [3.05, 3.63) is 28.3 Å². The van der Waals surface area contributed by atoms with Crippen LogP contribution in [0.4, 0.5) is 24.3 Å². The number of nitrogen functional groups attached to an aromatic ring is 1. The summed E-state index contributed by atoms with van der Waals surface area (Å²) in [5.74, 6) is 0. The third-order valence-electron chi connectivity index (χ3n) is 1.63. The summed E-state index contributed by atoms with van der Waals surface area (Å²) in [5, 5.41) is 10.3. The van der Waals surface area contributed by atoms with Crippen molar-refractivity contribution in [2.45, 2.75) is 0 Å². The molecule has 0 bridgehead atoms. The van der Waals surface area contributed by atoms with E-state index >= 15 is 0 Å². The Kier molecular flexibility index (Phi) is 5.27. The molecular weight excluding hydrogens is 239 g/mol. The molecule has 0 heterocycles. The minimum Gasteiger partial charge on any atom is -0.445 e. The van der Waals surface area contributed by atoms with Crippen LogP contribution in [0.5, 0.6) is 0 Å². The molecule has 2 N–H and O–H groups in total. The molecule has 0 aromatic heterocycles. The molecule has 76 valence electrons. The number of benzene rings is 1. The monoisotopic (exact) mass is 244 g/mol. The first-order valence-corrected chi connectivity index (χ1v) is 3.56. The van der Waals surface area contributed by atoms with E-state index in [-0.39, 0.29) is 57.1 Å². The number of anilines is 1. The predicted molar refractivity (Wildman–Crippen MR) is 46.2 cm³/mol. The van der Waals surface area contributed by atoms with Crippen LogP contribution in [-0.4, -0.2) is 11.9 Å². The van der Waals surface area contributed by atoms with Crippen molar-refractivity contribution in [2.75, 3.05) is 5.73 Å². The number of halogens is 3. The number of hydrogen-bond donors (Lipinski definition) is 1. The number of nitro groups is 1. The molecule has 0 fully saturated rings. The molecule has 0 unspecified atom stereocenters. The molecule has 4 nitrogen and oxygen atoms in total. The van der Waals surface area contributed by atoms with E-state index in [4.69, 9.17) is 5.73 Å². The summed E-state index contributed by atoms with van der Waals surface area (Å²) >= 11 is 0. The number of hydrogen-bond acceptors (Lipinski definition) is 3. The summed E-state index contributed by atoms with van der Waals surface area (Å²) < 4.78 is 36.5. The van der Waals surface area contributed by atoms with E-state index in [2.05, 4.69) is 0 Å². The van der Waals surface area contributed by atoms with Crippen molar-refractivity contribution in [2.24, 2.45) is 0 Å². The fourth-order valence-corrected chi connectivity index (χ4v) is 0.922. The second-order valence-electron chi connectivity index (χ2n) is 2.65. The largest absolute Gasteiger partial charge is 1.00 e. The van der Waals surface area contributed by atoms with Crippen LogP contribution in [0.2, 0.25) is 0 Å². The summed E-state index contributed by atoms with van der Waals surface area (Å²) in [6, 6.07) is 2.04. The van der Waals surface area contributed by atoms with Gasteiger partial charge >= 0.3 is 58.4 Å². The zero-order chi connectivity index (χ0) is 10.9. The van der Waals surface area contributed by atoms with E-state index in [1.807, 2.05) is 0 Å². The number of nitro benzene ring substituents is 1. The van der Waals surface area contributed by atoms with Gasteiger partial charge < -0.3 is 18.7 Å². The average Bonchev–Trinajstić information content (AvgIpc) is 2.02. The van der Waals surface area contributed by atoms with Crippen molar-refractivity contribution in [1.82, 2.24) is 0 Å². The van der Waals surface area contributed by atoms with Gasteiger partial charge in [0.1, 0.15) is 5.69 Å². The van der Waals surface area contributed by atoms with Gasteiger partial charge in [0, 0.05) is 0 Å². The molecule has 0 radical (unpaired) electrons. The Hall–Kier alpha value is -0.0887. The van der Waals surface area contributed by atoms with Crippen LogP contribution in [0.25, 0.3) is 0 Å². The van der Waals surface area contributed by atoms with Crippen LogP contribution in [0.3, 0.4) is 0 Å². The first-order valence-electron chi connectivity index (χ1n) is 3.56. The molecule has 0 amide bonds. The summed E-state index contributed by atoms with van der Waals surface area (Å²) in [4.78, 5) is 9.32. The van der Waals surface area contributed by atoms with Crippen LogP contribution in [0, 0.1) is 10.1 Å². The quantitative estimate of drug-likeness (QED) is 0.290. The molecule has 0 aliphatic carbocycles. The van der Waals surface area contributed by atoms with Crippen molar-refractivity contribution in [3.8, 4) is 0 Å². The van der Waals surface area contributed by atoms with Crippen LogP contribution in [0.15, 0.2) is 18.2 Å². The maximum atomic E-state index is 12.2. The first-order chi connectivity index (χ1) is 6.32. The second kappa shape index (κ2) is 5.30. The third-order valence-corrected chi connectivity index (χ3v) is 1.63. The molecule has 1 rings (SSSR count). The van der Waals surface area contributed by atoms with Crippen LogP contribution >= 0.6 is 0 Å². The molecule has 0 aliphatic rings. The maximum absolute atomic E-state index is 12.2. The van der Waals surface area contributed by atoms with Gasteiger partial charge in [0.15, 0.2) is 0 Å². The SMILES string of the molecule is Nc1ccc([B-](F)(F)F)cc1[N+](=O)[O-].[K+]. The van der Waals surface area contributed by atoms with Crippen molar-refractivity contribution in [1.29, 1.82) is 0 Å². The van der Waals surface area contributed by atoms with E-state index < -0.39 is 23.1 Å². The predicted octanol–water partition coefficient (Wildman–Crippen LogP) is -1.76. The van der Waals surface area contributed by atoms with Gasteiger partial charge in [-0.25, -0.2) is 0 Å². The average molecular weight is 244 g/mol. The Morgan fingerprint density at radius 2 is 1.87 bits per heavy atom. The van der Waals surface area contributed by atoms with Crippen molar-refractivity contribution in [3.63, 3.8) is 0 Å². The minimum absolute atomic E-state index is 0. The van der Waals surface area contributed by atoms with E-state index in [0.717, 1.165) is 12.1 Å². The standard InChI is InChI=1S/C6H5BF3N2O2.K/c8-7(9,10)4-1-2-5(11)6(3-4)12(13)14;/h1-3H,11H2;/q-1;+1. The van der Waals surface area contributed by atoms with Gasteiger partial charge in [-0.05, 0) is 12.1 Å². The normalized spacial score (nSPS) is 10.6. The van der Waals surface area contributed by atoms with Crippen molar-refractivity contribution >= 4 is 23.8 Å². The fourth-order valence-electron chi connectivity index (χ4n) is 0.922. The number of rotatable bonds is 2. The number of nitrogens with zero attached hydrogens (tertiary/aromatic N) is 1. The Morgan fingerprint density at radius 3 is 2.27 bits per heavy atom. The summed E-state index contributed by atoms with van der Waals surface area (Å²) in [7, 11) is 0. The zero-order valence-corrected chi connectivity index (χ0v) is 10.9. The topological polar surface area (TPSA) is 69.2 Å². The van der Waals surface area contributed by atoms with Gasteiger partial charge in [0.2, 0.25) is 0 Å². The van der Waals surface area contributed by atoms with Crippen LogP contribution in [-0.2, 0) is 0 Å². The molecule has 0 saturated heterocycles. The summed E-state index contributed by atoms with van der Waals surface area (Å²) in [6.45, 7) is -5.23. The smallest absolute Gasteiger partial charge is 0.445 e. The zero-order valence-electron chi connectivity index (χ0n) is 7.78. The maximum Gasteiger partial charge on any atom is 1.00 e. The van der Waals surface area contributed by atoms with Gasteiger partial charge in [-0.2, -0.15) is 0 Å². The molecule has 0 aliphatic heterocycles. The molecular formula is C6H5BF3KN2O2. The van der Waals surface area contributed by atoms with E-state index in [1.165, 1.54) is 0 Å². The van der Waals surface area contributed by atoms with Crippen LogP contribution in [0.1, 0.15) is 0 Å². The number of nitrogens with two attached hydrogens (primary N) is 1. The summed E-state index contributed by atoms with van der Waals surface area (Å²) in [6.07, 6.45) is 0. The minimum atomic E-state index is -5.23. The van der Waals surface area contributed by atoms with Gasteiger partial charge in [-0.1, -0.05) is 6.07 Å². The van der Waals surface area contributed by atoms with Gasteiger partial charge in [0.25, 0.3) is 5.69 Å². The Bertz CT molecular complexity index is 385. The Labute approximate surface area is 126 Å². The Balaban J connectivity index is 0.00000196. The van der Waals surface area contributed by atoms with Gasteiger partial charge in [0.05, 0.1) is 4.92 Å². The van der Waals surface area contributed by atoms with E-state index in [1.54, 1.807) is 0 Å². The second-order valence-corrected chi connectivity index (χ2v) is 2.65. The molecule has 0 saturated carbocycles. The van der Waals surface area contributed by atoms with Crippen molar-refractivity contribution < 1.29 is 69.3 Å². The molecule has 9 heteroatoms. The molecule has 15 heavy (non-hydrogen) atoms. The molecule has 1 aromatic rings. The van der Waals surface area contributed by atoms with Crippen LogP contribution < -0.4 is 62.6 Å².